The molecule has 0 saturated carbocycles. The van der Waals surface area contributed by atoms with Gasteiger partial charge in [0.1, 0.15) is 18.7 Å². The van der Waals surface area contributed by atoms with Crippen LogP contribution >= 0.6 is 0 Å². The molecule has 0 aliphatic carbocycles. The molecule has 0 fully saturated rings. The predicted octanol–water partition coefficient (Wildman–Crippen LogP) is 4.69. The highest BCUT2D eigenvalue weighted by Gasteiger charge is 2.13. The van der Waals surface area contributed by atoms with Gasteiger partial charge in [0, 0.05) is 5.56 Å². The van der Waals surface area contributed by atoms with Crippen molar-refractivity contribution < 1.29 is 9.53 Å². The van der Waals surface area contributed by atoms with E-state index in [0.29, 0.717) is 17.9 Å². The third kappa shape index (κ3) is 6.17. The molecule has 0 radical (unpaired) electrons. The van der Waals surface area contributed by atoms with E-state index in [1.807, 2.05) is 61.5 Å². The summed E-state index contributed by atoms with van der Waals surface area (Å²) >= 11 is 0. The fourth-order valence-electron chi connectivity index (χ4n) is 3.42. The van der Waals surface area contributed by atoms with Gasteiger partial charge in [-0.05, 0) is 75.9 Å². The van der Waals surface area contributed by atoms with Crippen molar-refractivity contribution in [1.82, 2.24) is 25.6 Å². The van der Waals surface area contributed by atoms with Gasteiger partial charge in [0.15, 0.2) is 0 Å². The molecule has 0 unspecified atom stereocenters. The summed E-state index contributed by atoms with van der Waals surface area (Å²) in [4.78, 5) is 12.7. The lowest BCUT2D eigenvalue weighted by Crippen LogP contribution is -2.19. The number of ether oxygens (including phenoxy) is 1. The molecule has 0 bridgehead atoms. The summed E-state index contributed by atoms with van der Waals surface area (Å²) in [5.74, 6) is 0.505. The minimum atomic E-state index is -0.286. The molecule has 4 aromatic rings. The zero-order valence-electron chi connectivity index (χ0n) is 20.3. The van der Waals surface area contributed by atoms with Gasteiger partial charge in [-0.25, -0.2) is 10.1 Å². The smallest absolute Gasteiger partial charge is 0.271 e. The summed E-state index contributed by atoms with van der Waals surface area (Å²) < 4.78 is 7.48. The van der Waals surface area contributed by atoms with E-state index >= 15 is 0 Å². The van der Waals surface area contributed by atoms with Crippen molar-refractivity contribution in [3.63, 3.8) is 0 Å². The first kappa shape index (κ1) is 23.8. The molecule has 0 aliphatic heterocycles. The van der Waals surface area contributed by atoms with E-state index in [2.05, 4.69) is 59.0 Å². The number of hydrazone groups is 1. The van der Waals surface area contributed by atoms with Crippen LogP contribution in [-0.4, -0.2) is 31.8 Å². The van der Waals surface area contributed by atoms with Gasteiger partial charge in [-0.3, -0.25) is 4.79 Å². The molecule has 8 nitrogen and oxygen atoms in total. The molecule has 35 heavy (non-hydrogen) atoms. The van der Waals surface area contributed by atoms with Gasteiger partial charge < -0.3 is 4.74 Å². The first-order chi connectivity index (χ1) is 16.8. The molecule has 4 rings (SSSR count). The van der Waals surface area contributed by atoms with Crippen LogP contribution in [0.2, 0.25) is 0 Å². The van der Waals surface area contributed by atoms with Gasteiger partial charge in [-0.15, -0.1) is 5.10 Å². The number of nitrogens with zero attached hydrogens (tertiary/aromatic N) is 5. The standard InChI is InChI=1S/C27H28N6O2/c1-19(21-8-12-24(13-9-21)33-18-28-31-32-33)29-30-26(34)22-7-5-6-20(16-22)17-35-25-14-10-23(11-15-25)27(2,3)4/h5-16,18H,17H2,1-4H3,(H,30,34). The normalized spacial score (nSPS) is 11.8. The summed E-state index contributed by atoms with van der Waals surface area (Å²) in [5, 5.41) is 15.4. The number of rotatable bonds is 7. The van der Waals surface area contributed by atoms with Crippen LogP contribution < -0.4 is 10.2 Å². The lowest BCUT2D eigenvalue weighted by Gasteiger charge is -2.19. The van der Waals surface area contributed by atoms with E-state index in [4.69, 9.17) is 4.74 Å². The Bertz CT molecular complexity index is 1310. The number of carbonyl (C=O) groups excluding carboxylic acids is 1. The molecule has 1 amide bonds. The summed E-state index contributed by atoms with van der Waals surface area (Å²) in [6, 6.07) is 23.0. The van der Waals surface area contributed by atoms with Crippen molar-refractivity contribution in [1.29, 1.82) is 0 Å². The number of amides is 1. The van der Waals surface area contributed by atoms with Gasteiger partial charge in [-0.1, -0.05) is 57.2 Å². The minimum absolute atomic E-state index is 0.0974. The van der Waals surface area contributed by atoms with Crippen LogP contribution in [0, 0.1) is 0 Å². The highest BCUT2D eigenvalue weighted by molar-refractivity contribution is 6.01. The SMILES string of the molecule is CC(=NNC(=O)c1cccc(COc2ccc(C(C)(C)C)cc2)c1)c1ccc(-n2cnnn2)cc1. The maximum atomic E-state index is 12.7. The molecule has 0 aliphatic rings. The Labute approximate surface area is 204 Å². The average Bonchev–Trinajstić information content (AvgIpc) is 3.41. The van der Waals surface area contributed by atoms with E-state index in [1.54, 1.807) is 10.7 Å². The Kier molecular flexibility index (Phi) is 7.01. The van der Waals surface area contributed by atoms with Crippen molar-refractivity contribution in [2.24, 2.45) is 5.10 Å². The first-order valence-corrected chi connectivity index (χ1v) is 11.3. The second-order valence-corrected chi connectivity index (χ2v) is 9.20. The van der Waals surface area contributed by atoms with Crippen molar-refractivity contribution in [3.8, 4) is 11.4 Å². The molecule has 1 aromatic heterocycles. The number of aromatic nitrogens is 4. The summed E-state index contributed by atoms with van der Waals surface area (Å²) in [5.41, 5.74) is 7.78. The molecule has 0 spiro atoms. The Hall–Kier alpha value is -4.33. The van der Waals surface area contributed by atoms with E-state index < -0.39 is 0 Å². The van der Waals surface area contributed by atoms with E-state index in [-0.39, 0.29) is 11.3 Å². The third-order valence-electron chi connectivity index (χ3n) is 5.54. The van der Waals surface area contributed by atoms with Crippen LogP contribution in [0.25, 0.3) is 5.69 Å². The van der Waals surface area contributed by atoms with Crippen LogP contribution in [0.15, 0.2) is 84.2 Å². The molecular weight excluding hydrogens is 440 g/mol. The van der Waals surface area contributed by atoms with Gasteiger partial charge in [0.2, 0.25) is 0 Å². The molecule has 3 aromatic carbocycles. The molecule has 8 heteroatoms. The number of nitrogens with one attached hydrogen (secondary N) is 1. The minimum Gasteiger partial charge on any atom is -0.489 e. The summed E-state index contributed by atoms with van der Waals surface area (Å²) in [6.45, 7) is 8.74. The number of tetrazole rings is 1. The molecule has 1 heterocycles. The first-order valence-electron chi connectivity index (χ1n) is 11.3. The predicted molar refractivity (Wildman–Crippen MR) is 135 cm³/mol. The molecule has 178 valence electrons. The third-order valence-corrected chi connectivity index (χ3v) is 5.54. The second kappa shape index (κ2) is 10.3. The highest BCUT2D eigenvalue weighted by atomic mass is 16.5. The fourth-order valence-corrected chi connectivity index (χ4v) is 3.42. The number of hydrogen-bond acceptors (Lipinski definition) is 6. The zero-order valence-corrected chi connectivity index (χ0v) is 20.3. The topological polar surface area (TPSA) is 94.3 Å². The Morgan fingerprint density at radius 1 is 1.00 bits per heavy atom. The zero-order chi connectivity index (χ0) is 24.8. The van der Waals surface area contributed by atoms with Gasteiger partial charge in [-0.2, -0.15) is 5.10 Å². The lowest BCUT2D eigenvalue weighted by atomic mass is 9.87. The van der Waals surface area contributed by atoms with E-state index in [9.17, 15) is 4.79 Å². The van der Waals surface area contributed by atoms with Crippen molar-refractivity contribution in [2.75, 3.05) is 0 Å². The van der Waals surface area contributed by atoms with Gasteiger partial charge >= 0.3 is 0 Å². The molecule has 1 N–H and O–H groups in total. The maximum absolute atomic E-state index is 12.7. The van der Waals surface area contributed by atoms with Crippen LogP contribution in [-0.2, 0) is 12.0 Å². The largest absolute Gasteiger partial charge is 0.489 e. The van der Waals surface area contributed by atoms with Crippen LogP contribution in [0.1, 0.15) is 54.7 Å². The van der Waals surface area contributed by atoms with Crippen molar-refractivity contribution in [3.05, 3.63) is 101 Å². The Morgan fingerprint density at radius 2 is 1.74 bits per heavy atom. The Morgan fingerprint density at radius 3 is 2.40 bits per heavy atom. The van der Waals surface area contributed by atoms with Crippen LogP contribution in [0.3, 0.4) is 0 Å². The number of carbonyl (C=O) groups is 1. The number of benzene rings is 3. The van der Waals surface area contributed by atoms with E-state index in [0.717, 1.165) is 22.6 Å². The number of hydrogen-bond donors (Lipinski definition) is 1. The van der Waals surface area contributed by atoms with Crippen LogP contribution in [0.4, 0.5) is 0 Å². The fraction of sp³-hybridized carbons (Fsp3) is 0.222. The van der Waals surface area contributed by atoms with Crippen molar-refractivity contribution >= 4 is 11.6 Å². The quantitative estimate of drug-likeness (QED) is 0.314. The Balaban J connectivity index is 1.35. The highest BCUT2D eigenvalue weighted by Crippen LogP contribution is 2.24. The van der Waals surface area contributed by atoms with Gasteiger partial charge in [0.25, 0.3) is 5.91 Å². The maximum Gasteiger partial charge on any atom is 0.271 e. The van der Waals surface area contributed by atoms with Crippen molar-refractivity contribution in [2.45, 2.75) is 39.7 Å². The second-order valence-electron chi connectivity index (χ2n) is 9.20. The lowest BCUT2D eigenvalue weighted by molar-refractivity contribution is 0.0954. The van der Waals surface area contributed by atoms with Gasteiger partial charge in [0.05, 0.1) is 11.4 Å². The molecule has 0 saturated heterocycles. The molecule has 0 atom stereocenters. The van der Waals surface area contributed by atoms with Crippen LogP contribution in [0.5, 0.6) is 5.75 Å². The summed E-state index contributed by atoms with van der Waals surface area (Å²) in [7, 11) is 0. The molecular formula is C27H28N6O2. The average molecular weight is 469 g/mol. The summed E-state index contributed by atoms with van der Waals surface area (Å²) in [6.07, 6.45) is 1.53. The van der Waals surface area contributed by atoms with E-state index in [1.165, 1.54) is 11.9 Å². The monoisotopic (exact) mass is 468 g/mol.